The van der Waals surface area contributed by atoms with E-state index in [-0.39, 0.29) is 17.8 Å². The molecule has 29 heavy (non-hydrogen) atoms. The van der Waals surface area contributed by atoms with Gasteiger partial charge in [0.25, 0.3) is 0 Å². The molecule has 0 N–H and O–H groups in total. The van der Waals surface area contributed by atoms with Crippen LogP contribution in [0.5, 0.6) is 0 Å². The molecule has 4 rings (SSSR count). The van der Waals surface area contributed by atoms with Crippen molar-refractivity contribution in [1.82, 2.24) is 9.88 Å². The van der Waals surface area contributed by atoms with Gasteiger partial charge in [0.1, 0.15) is 5.82 Å². The van der Waals surface area contributed by atoms with Crippen LogP contribution < -0.4 is 0 Å². The number of nitrogens with zero attached hydrogens (tertiary/aromatic N) is 2. The van der Waals surface area contributed by atoms with Gasteiger partial charge in [-0.15, -0.1) is 0 Å². The van der Waals surface area contributed by atoms with Crippen molar-refractivity contribution < 1.29 is 13.6 Å². The normalized spacial score (nSPS) is 16.3. The number of halogens is 2. The van der Waals surface area contributed by atoms with Crippen LogP contribution >= 0.6 is 11.6 Å². The van der Waals surface area contributed by atoms with Crippen LogP contribution in [-0.2, 0) is 17.6 Å². The molecule has 0 radical (unpaired) electrons. The average Bonchev–Trinajstić information content (AvgIpc) is 3.38. The zero-order valence-electron chi connectivity index (χ0n) is 16.0. The fourth-order valence-corrected chi connectivity index (χ4v) is 4.08. The van der Waals surface area contributed by atoms with Crippen molar-refractivity contribution in [3.63, 3.8) is 0 Å². The molecule has 6 heteroatoms. The van der Waals surface area contributed by atoms with Crippen molar-refractivity contribution in [3.8, 4) is 11.3 Å². The summed E-state index contributed by atoms with van der Waals surface area (Å²) in [5.41, 5.74) is 1.44. The summed E-state index contributed by atoms with van der Waals surface area (Å²) in [5, 5.41) is 0.743. The summed E-state index contributed by atoms with van der Waals surface area (Å²) in [6.07, 6.45) is 4.96. The first kappa shape index (κ1) is 19.6. The Kier molecular flexibility index (Phi) is 5.95. The van der Waals surface area contributed by atoms with Crippen LogP contribution in [0.3, 0.4) is 0 Å². The maximum absolute atomic E-state index is 13.9. The van der Waals surface area contributed by atoms with E-state index < -0.39 is 0 Å². The van der Waals surface area contributed by atoms with Crippen LogP contribution in [0.4, 0.5) is 4.39 Å². The molecule has 0 bridgehead atoms. The largest absolute Gasteiger partial charge is 0.441 e. The Labute approximate surface area is 174 Å². The highest BCUT2D eigenvalue weighted by Crippen LogP contribution is 2.27. The fraction of sp³-hybridized carbons (Fsp3) is 0.304. The molecule has 1 aromatic heterocycles. The third-order valence-electron chi connectivity index (χ3n) is 5.36. The lowest BCUT2D eigenvalue weighted by molar-refractivity contribution is -0.132. The van der Waals surface area contributed by atoms with Crippen LogP contribution in [-0.4, -0.2) is 28.4 Å². The molecule has 1 saturated heterocycles. The van der Waals surface area contributed by atoms with Crippen molar-refractivity contribution in [2.24, 2.45) is 0 Å². The van der Waals surface area contributed by atoms with Crippen molar-refractivity contribution in [3.05, 3.63) is 77.0 Å². The molecule has 0 saturated carbocycles. The number of amides is 1. The topological polar surface area (TPSA) is 46.3 Å². The second-order valence-electron chi connectivity index (χ2n) is 7.28. The molecule has 1 aliphatic heterocycles. The Hall–Kier alpha value is -2.66. The van der Waals surface area contributed by atoms with Gasteiger partial charge in [0.15, 0.2) is 11.7 Å². The van der Waals surface area contributed by atoms with Crippen molar-refractivity contribution in [1.29, 1.82) is 0 Å². The zero-order chi connectivity index (χ0) is 20.2. The fourth-order valence-electron chi connectivity index (χ4n) is 3.86. The monoisotopic (exact) mass is 412 g/mol. The summed E-state index contributed by atoms with van der Waals surface area (Å²) in [4.78, 5) is 19.0. The molecular formula is C23H22ClFN2O2. The van der Waals surface area contributed by atoms with E-state index in [0.29, 0.717) is 30.1 Å². The molecule has 1 aliphatic rings. The van der Waals surface area contributed by atoms with Gasteiger partial charge in [0.05, 0.1) is 11.8 Å². The van der Waals surface area contributed by atoms with Crippen molar-refractivity contribution in [2.75, 3.05) is 6.54 Å². The first-order chi connectivity index (χ1) is 14.1. The third kappa shape index (κ3) is 4.51. The summed E-state index contributed by atoms with van der Waals surface area (Å²) in [7, 11) is 0. The van der Waals surface area contributed by atoms with E-state index in [9.17, 15) is 9.18 Å². The van der Waals surface area contributed by atoms with Gasteiger partial charge < -0.3 is 9.32 Å². The summed E-state index contributed by atoms with van der Waals surface area (Å²) < 4.78 is 19.6. The Bertz CT molecular complexity index is 1000. The highest BCUT2D eigenvalue weighted by Gasteiger charge is 2.29. The number of carbonyl (C=O) groups is 1. The van der Waals surface area contributed by atoms with Gasteiger partial charge in [0, 0.05) is 30.5 Å². The molecule has 1 amide bonds. The van der Waals surface area contributed by atoms with Gasteiger partial charge >= 0.3 is 0 Å². The number of hydrogen-bond donors (Lipinski definition) is 0. The second-order valence-corrected chi connectivity index (χ2v) is 7.68. The van der Waals surface area contributed by atoms with E-state index in [2.05, 4.69) is 4.98 Å². The van der Waals surface area contributed by atoms with E-state index in [1.807, 2.05) is 29.2 Å². The van der Waals surface area contributed by atoms with E-state index in [0.717, 1.165) is 36.4 Å². The van der Waals surface area contributed by atoms with E-state index >= 15 is 0 Å². The molecule has 2 heterocycles. The highest BCUT2D eigenvalue weighted by molar-refractivity contribution is 6.31. The number of rotatable bonds is 6. The smallest absolute Gasteiger partial charge is 0.223 e. The molecule has 1 unspecified atom stereocenters. The minimum absolute atomic E-state index is 0.0881. The molecule has 1 atom stereocenters. The molecule has 0 aliphatic carbocycles. The zero-order valence-corrected chi connectivity index (χ0v) is 16.7. The van der Waals surface area contributed by atoms with Crippen LogP contribution in [0, 0.1) is 5.82 Å². The molecule has 3 aromatic rings. The number of aryl methyl sites for hydroxylation is 1. The number of hydrogen-bond acceptors (Lipinski definition) is 3. The van der Waals surface area contributed by atoms with Gasteiger partial charge in [-0.3, -0.25) is 4.79 Å². The SMILES string of the molecule is O=C(CCc1ncc(-c2ccccc2F)o1)N1CCCC1Cc1ccccc1Cl. The lowest BCUT2D eigenvalue weighted by Gasteiger charge is -2.25. The van der Waals surface area contributed by atoms with Crippen LogP contribution in [0.15, 0.2) is 59.1 Å². The van der Waals surface area contributed by atoms with Gasteiger partial charge in [-0.05, 0) is 43.0 Å². The summed E-state index contributed by atoms with van der Waals surface area (Å²) in [6, 6.07) is 14.4. The van der Waals surface area contributed by atoms with Crippen LogP contribution in [0.2, 0.25) is 5.02 Å². The maximum atomic E-state index is 13.9. The second kappa shape index (κ2) is 8.78. The molecule has 0 spiro atoms. The van der Waals surface area contributed by atoms with E-state index in [1.165, 1.54) is 12.3 Å². The van der Waals surface area contributed by atoms with E-state index in [4.69, 9.17) is 16.0 Å². The molecule has 4 nitrogen and oxygen atoms in total. The quantitative estimate of drug-likeness (QED) is 0.551. The predicted octanol–water partition coefficient (Wildman–Crippen LogP) is 5.30. The van der Waals surface area contributed by atoms with Crippen LogP contribution in [0.25, 0.3) is 11.3 Å². The third-order valence-corrected chi connectivity index (χ3v) is 5.73. The first-order valence-electron chi connectivity index (χ1n) is 9.84. The number of likely N-dealkylation sites (tertiary alicyclic amines) is 1. The molecule has 2 aromatic carbocycles. The highest BCUT2D eigenvalue weighted by atomic mass is 35.5. The number of carbonyl (C=O) groups excluding carboxylic acids is 1. The molecular weight excluding hydrogens is 391 g/mol. The molecule has 150 valence electrons. The molecule has 1 fully saturated rings. The maximum Gasteiger partial charge on any atom is 0.223 e. The van der Waals surface area contributed by atoms with Gasteiger partial charge in [-0.1, -0.05) is 41.9 Å². The number of benzene rings is 2. The standard InChI is InChI=1S/C23H22ClFN2O2/c24-19-9-3-1-6-16(19)14-17-7-5-13-27(17)23(28)12-11-22-26-15-21(29-22)18-8-2-4-10-20(18)25/h1-4,6,8-10,15,17H,5,7,11-14H2. The van der Waals surface area contributed by atoms with Crippen molar-refractivity contribution >= 4 is 17.5 Å². The Balaban J connectivity index is 1.37. The Morgan fingerprint density at radius 3 is 2.83 bits per heavy atom. The van der Waals surface area contributed by atoms with E-state index in [1.54, 1.807) is 18.2 Å². The lowest BCUT2D eigenvalue weighted by atomic mass is 10.0. The average molecular weight is 413 g/mol. The minimum atomic E-state index is -0.356. The first-order valence-corrected chi connectivity index (χ1v) is 10.2. The van der Waals surface area contributed by atoms with Gasteiger partial charge in [0.2, 0.25) is 5.91 Å². The van der Waals surface area contributed by atoms with Gasteiger partial charge in [-0.2, -0.15) is 0 Å². The summed E-state index contributed by atoms with van der Waals surface area (Å²) >= 11 is 6.28. The Morgan fingerprint density at radius 2 is 2.00 bits per heavy atom. The summed E-state index contributed by atoms with van der Waals surface area (Å²) in [6.45, 7) is 0.764. The minimum Gasteiger partial charge on any atom is -0.441 e. The Morgan fingerprint density at radius 1 is 1.21 bits per heavy atom. The van der Waals surface area contributed by atoms with Crippen molar-refractivity contribution in [2.45, 2.75) is 38.1 Å². The number of oxazole rings is 1. The van der Waals surface area contributed by atoms with Crippen LogP contribution in [0.1, 0.15) is 30.7 Å². The van der Waals surface area contributed by atoms with Gasteiger partial charge in [-0.25, -0.2) is 9.37 Å². The summed E-state index contributed by atoms with van der Waals surface area (Å²) in [5.74, 6) is 0.553. The lowest BCUT2D eigenvalue weighted by Crippen LogP contribution is -2.37. The predicted molar refractivity (Wildman–Crippen MR) is 110 cm³/mol. The number of aromatic nitrogens is 1.